The summed E-state index contributed by atoms with van der Waals surface area (Å²) >= 11 is 0. The van der Waals surface area contributed by atoms with Gasteiger partial charge in [0.2, 0.25) is 5.91 Å². The lowest BCUT2D eigenvalue weighted by Crippen LogP contribution is -2.41. The van der Waals surface area contributed by atoms with Crippen molar-refractivity contribution in [3.8, 4) is 5.75 Å². The molecular formula is C20H22FNO2. The predicted octanol–water partition coefficient (Wildman–Crippen LogP) is 4.31. The number of halogens is 1. The molecule has 2 aromatic carbocycles. The molecule has 1 saturated heterocycles. The number of carbonyl (C=O) groups is 1. The highest BCUT2D eigenvalue weighted by Crippen LogP contribution is 2.24. The number of carbonyl (C=O) groups excluding carboxylic acids is 1. The van der Waals surface area contributed by atoms with E-state index < -0.39 is 0 Å². The number of rotatable bonds is 5. The Morgan fingerprint density at radius 2 is 2.00 bits per heavy atom. The summed E-state index contributed by atoms with van der Waals surface area (Å²) < 4.78 is 19.9. The van der Waals surface area contributed by atoms with E-state index in [0.29, 0.717) is 30.9 Å². The van der Waals surface area contributed by atoms with Gasteiger partial charge in [-0.25, -0.2) is 4.39 Å². The van der Waals surface area contributed by atoms with Crippen molar-refractivity contribution in [3.05, 3.63) is 65.5 Å². The van der Waals surface area contributed by atoms with E-state index in [1.807, 2.05) is 37.3 Å². The van der Waals surface area contributed by atoms with Crippen molar-refractivity contribution in [1.29, 1.82) is 0 Å². The first-order chi connectivity index (χ1) is 11.6. The second-order valence-corrected chi connectivity index (χ2v) is 6.29. The van der Waals surface area contributed by atoms with E-state index in [2.05, 4.69) is 0 Å². The number of amides is 1. The van der Waals surface area contributed by atoms with Gasteiger partial charge in [-0.1, -0.05) is 30.3 Å². The van der Waals surface area contributed by atoms with E-state index in [1.54, 1.807) is 17.0 Å². The first kappa shape index (κ1) is 16.5. The fourth-order valence-corrected chi connectivity index (χ4v) is 3.02. The zero-order valence-corrected chi connectivity index (χ0v) is 13.9. The molecule has 0 spiro atoms. The number of hydrogen-bond donors (Lipinski definition) is 0. The third-order valence-corrected chi connectivity index (χ3v) is 4.47. The number of benzene rings is 2. The molecule has 1 atom stereocenters. The highest BCUT2D eigenvalue weighted by molar-refractivity contribution is 5.77. The summed E-state index contributed by atoms with van der Waals surface area (Å²) in [6.45, 7) is 2.75. The van der Waals surface area contributed by atoms with Crippen LogP contribution >= 0.6 is 0 Å². The van der Waals surface area contributed by atoms with Gasteiger partial charge in [0.15, 0.2) is 0 Å². The largest absolute Gasteiger partial charge is 0.489 e. The van der Waals surface area contributed by atoms with Crippen molar-refractivity contribution < 1.29 is 13.9 Å². The standard InChI is InChI=1S/C20H22FNO2/c1-15-6-5-9-20(23)22(15)13-17-12-18(10-11-19(17)21)24-14-16-7-3-2-4-8-16/h2-4,7-8,10-12,15H,5-6,9,13-14H2,1H3. The number of nitrogens with zero attached hydrogens (tertiary/aromatic N) is 1. The molecule has 3 nitrogen and oxygen atoms in total. The predicted molar refractivity (Wildman–Crippen MR) is 91.0 cm³/mol. The summed E-state index contributed by atoms with van der Waals surface area (Å²) in [6, 6.07) is 14.7. The molecule has 1 aliphatic rings. The average Bonchev–Trinajstić information content (AvgIpc) is 2.59. The van der Waals surface area contributed by atoms with Crippen LogP contribution in [0, 0.1) is 5.82 Å². The Hall–Kier alpha value is -2.36. The van der Waals surface area contributed by atoms with Crippen LogP contribution in [0.5, 0.6) is 5.75 Å². The zero-order valence-electron chi connectivity index (χ0n) is 13.9. The SMILES string of the molecule is CC1CCCC(=O)N1Cc1cc(OCc2ccccc2)ccc1F. The van der Waals surface area contributed by atoms with Crippen molar-refractivity contribution in [2.75, 3.05) is 0 Å². The lowest BCUT2D eigenvalue weighted by atomic mass is 10.0. The Balaban J connectivity index is 1.70. The maximum atomic E-state index is 14.1. The monoisotopic (exact) mass is 327 g/mol. The molecule has 24 heavy (non-hydrogen) atoms. The van der Waals surface area contributed by atoms with Crippen molar-refractivity contribution in [2.24, 2.45) is 0 Å². The summed E-state index contributed by atoms with van der Waals surface area (Å²) in [5.41, 5.74) is 1.56. The summed E-state index contributed by atoms with van der Waals surface area (Å²) in [6.07, 6.45) is 2.44. The van der Waals surface area contributed by atoms with E-state index in [1.165, 1.54) is 6.07 Å². The fourth-order valence-electron chi connectivity index (χ4n) is 3.02. The van der Waals surface area contributed by atoms with Gasteiger partial charge >= 0.3 is 0 Å². The van der Waals surface area contributed by atoms with Gasteiger partial charge in [0.1, 0.15) is 18.2 Å². The molecule has 3 rings (SSSR count). The molecule has 1 heterocycles. The van der Waals surface area contributed by atoms with Crippen molar-refractivity contribution in [2.45, 2.75) is 45.4 Å². The van der Waals surface area contributed by atoms with Crippen LogP contribution in [0.3, 0.4) is 0 Å². The third-order valence-electron chi connectivity index (χ3n) is 4.47. The normalized spacial score (nSPS) is 17.8. The average molecular weight is 327 g/mol. The molecule has 1 unspecified atom stereocenters. The second-order valence-electron chi connectivity index (χ2n) is 6.29. The zero-order chi connectivity index (χ0) is 16.9. The quantitative estimate of drug-likeness (QED) is 0.819. The highest BCUT2D eigenvalue weighted by Gasteiger charge is 2.25. The number of piperidine rings is 1. The molecule has 2 aromatic rings. The Morgan fingerprint density at radius 1 is 1.21 bits per heavy atom. The van der Waals surface area contributed by atoms with Gasteiger partial charge in [0.05, 0.1) is 0 Å². The number of ether oxygens (including phenoxy) is 1. The van der Waals surface area contributed by atoms with Crippen LogP contribution in [0.2, 0.25) is 0 Å². The molecule has 1 fully saturated rings. The van der Waals surface area contributed by atoms with E-state index in [0.717, 1.165) is 18.4 Å². The molecule has 126 valence electrons. The van der Waals surface area contributed by atoms with Crippen molar-refractivity contribution >= 4 is 5.91 Å². The Bertz CT molecular complexity index is 702. The van der Waals surface area contributed by atoms with Crippen LogP contribution in [0.25, 0.3) is 0 Å². The minimum atomic E-state index is -0.298. The molecule has 4 heteroatoms. The lowest BCUT2D eigenvalue weighted by molar-refractivity contribution is -0.136. The number of likely N-dealkylation sites (tertiary alicyclic amines) is 1. The minimum Gasteiger partial charge on any atom is -0.489 e. The van der Waals surface area contributed by atoms with Gasteiger partial charge in [0, 0.05) is 24.6 Å². The number of hydrogen-bond acceptors (Lipinski definition) is 2. The smallest absolute Gasteiger partial charge is 0.223 e. The van der Waals surface area contributed by atoms with E-state index >= 15 is 0 Å². The molecule has 0 aliphatic carbocycles. The third kappa shape index (κ3) is 3.94. The highest BCUT2D eigenvalue weighted by atomic mass is 19.1. The van der Waals surface area contributed by atoms with Gasteiger partial charge in [0.25, 0.3) is 0 Å². The fraction of sp³-hybridized carbons (Fsp3) is 0.350. The Morgan fingerprint density at radius 3 is 2.75 bits per heavy atom. The second kappa shape index (κ2) is 7.47. The van der Waals surface area contributed by atoms with Gasteiger partial charge in [-0.15, -0.1) is 0 Å². The molecule has 0 bridgehead atoms. The van der Waals surface area contributed by atoms with Crippen LogP contribution in [-0.4, -0.2) is 16.8 Å². The first-order valence-electron chi connectivity index (χ1n) is 8.38. The first-order valence-corrected chi connectivity index (χ1v) is 8.38. The molecular weight excluding hydrogens is 305 g/mol. The minimum absolute atomic E-state index is 0.101. The Kier molecular flexibility index (Phi) is 5.14. The van der Waals surface area contributed by atoms with Crippen LogP contribution in [-0.2, 0) is 17.9 Å². The topological polar surface area (TPSA) is 29.5 Å². The van der Waals surface area contributed by atoms with Crippen LogP contribution in [0.15, 0.2) is 48.5 Å². The van der Waals surface area contributed by atoms with E-state index in [-0.39, 0.29) is 17.8 Å². The molecule has 0 aromatic heterocycles. The summed E-state index contributed by atoms with van der Waals surface area (Å²) in [5.74, 6) is 0.420. The molecule has 0 radical (unpaired) electrons. The van der Waals surface area contributed by atoms with Crippen molar-refractivity contribution in [3.63, 3.8) is 0 Å². The van der Waals surface area contributed by atoms with Crippen LogP contribution in [0.1, 0.15) is 37.3 Å². The summed E-state index contributed by atoms with van der Waals surface area (Å²) in [4.78, 5) is 13.9. The van der Waals surface area contributed by atoms with E-state index in [4.69, 9.17) is 4.74 Å². The van der Waals surface area contributed by atoms with Gasteiger partial charge in [-0.05, 0) is 43.5 Å². The maximum absolute atomic E-state index is 14.1. The van der Waals surface area contributed by atoms with Gasteiger partial charge < -0.3 is 9.64 Å². The summed E-state index contributed by atoms with van der Waals surface area (Å²) in [7, 11) is 0. The molecule has 1 aliphatic heterocycles. The van der Waals surface area contributed by atoms with Crippen LogP contribution < -0.4 is 4.74 Å². The van der Waals surface area contributed by atoms with Crippen molar-refractivity contribution in [1.82, 2.24) is 4.90 Å². The van der Waals surface area contributed by atoms with Crippen LogP contribution in [0.4, 0.5) is 4.39 Å². The van der Waals surface area contributed by atoms with Gasteiger partial charge in [-0.3, -0.25) is 4.79 Å². The lowest BCUT2D eigenvalue weighted by Gasteiger charge is -2.33. The molecule has 0 saturated carbocycles. The summed E-state index contributed by atoms with van der Waals surface area (Å²) in [5, 5.41) is 0. The molecule has 1 amide bonds. The maximum Gasteiger partial charge on any atom is 0.223 e. The molecule has 0 N–H and O–H groups in total. The Labute approximate surface area is 142 Å². The van der Waals surface area contributed by atoms with Gasteiger partial charge in [-0.2, -0.15) is 0 Å². The van der Waals surface area contributed by atoms with E-state index in [9.17, 15) is 9.18 Å².